The van der Waals surface area contributed by atoms with Crippen LogP contribution in [0.15, 0.2) is 51.9 Å². The highest BCUT2D eigenvalue weighted by Crippen LogP contribution is 2.08. The molecule has 0 saturated heterocycles. The summed E-state index contributed by atoms with van der Waals surface area (Å²) in [7, 11) is 0. The van der Waals surface area contributed by atoms with E-state index < -0.39 is 5.97 Å². The summed E-state index contributed by atoms with van der Waals surface area (Å²) in [5, 5.41) is 0. The van der Waals surface area contributed by atoms with E-state index in [4.69, 9.17) is 4.74 Å². The number of ether oxygens (including phenoxy) is 1. The summed E-state index contributed by atoms with van der Waals surface area (Å²) >= 11 is 3.30. The van der Waals surface area contributed by atoms with Gasteiger partial charge in [0.05, 0.1) is 0 Å². The Kier molecular flexibility index (Phi) is 4.74. The molecule has 0 bridgehead atoms. The molecular formula is C15H14BrNO3. The highest BCUT2D eigenvalue weighted by Gasteiger charge is 2.08. The topological polar surface area (TPSA) is 48.3 Å². The number of rotatable bonds is 4. The highest BCUT2D eigenvalue weighted by molar-refractivity contribution is 9.10. The smallest absolute Gasteiger partial charge is 0.326 e. The molecule has 5 heteroatoms. The molecule has 0 aliphatic carbocycles. The molecule has 0 N–H and O–H groups in total. The predicted molar refractivity (Wildman–Crippen MR) is 79.4 cm³/mol. The van der Waals surface area contributed by atoms with Crippen molar-refractivity contribution in [2.75, 3.05) is 0 Å². The minimum Gasteiger partial charge on any atom is -0.459 e. The van der Waals surface area contributed by atoms with Gasteiger partial charge in [0.25, 0.3) is 5.56 Å². The molecular weight excluding hydrogens is 322 g/mol. The van der Waals surface area contributed by atoms with Crippen LogP contribution in [0.3, 0.4) is 0 Å². The maximum atomic E-state index is 11.9. The van der Waals surface area contributed by atoms with E-state index in [0.29, 0.717) is 5.56 Å². The third-order valence-electron chi connectivity index (χ3n) is 2.77. The van der Waals surface area contributed by atoms with E-state index in [1.54, 1.807) is 19.2 Å². The lowest BCUT2D eigenvalue weighted by Crippen LogP contribution is -2.26. The fourth-order valence-corrected chi connectivity index (χ4v) is 2.37. The van der Waals surface area contributed by atoms with E-state index >= 15 is 0 Å². The summed E-state index contributed by atoms with van der Waals surface area (Å²) in [6, 6.07) is 11.1. The maximum absolute atomic E-state index is 11.9. The normalized spacial score (nSPS) is 10.3. The molecule has 20 heavy (non-hydrogen) atoms. The number of esters is 1. The van der Waals surface area contributed by atoms with Crippen molar-refractivity contribution >= 4 is 21.9 Å². The molecule has 0 amide bonds. The van der Waals surface area contributed by atoms with Crippen LogP contribution < -0.4 is 5.56 Å². The van der Waals surface area contributed by atoms with Crippen molar-refractivity contribution in [1.29, 1.82) is 0 Å². The van der Waals surface area contributed by atoms with E-state index in [1.807, 2.05) is 30.3 Å². The second kappa shape index (κ2) is 6.52. The van der Waals surface area contributed by atoms with Crippen molar-refractivity contribution in [3.63, 3.8) is 0 Å². The number of hydrogen-bond donors (Lipinski definition) is 0. The summed E-state index contributed by atoms with van der Waals surface area (Å²) in [5.41, 5.74) is 1.30. The third kappa shape index (κ3) is 3.81. The number of benzene rings is 1. The predicted octanol–water partition coefficient (Wildman–Crippen LogP) is 2.66. The lowest BCUT2D eigenvalue weighted by atomic mass is 10.2. The Morgan fingerprint density at radius 2 is 2.00 bits per heavy atom. The number of aromatic nitrogens is 1. The first-order valence-corrected chi connectivity index (χ1v) is 6.91. The minimum atomic E-state index is -0.437. The largest absolute Gasteiger partial charge is 0.459 e. The molecule has 104 valence electrons. The van der Waals surface area contributed by atoms with Gasteiger partial charge in [-0.05, 0) is 34.5 Å². The van der Waals surface area contributed by atoms with Crippen LogP contribution in [0.4, 0.5) is 0 Å². The number of carbonyl (C=O) groups is 1. The summed E-state index contributed by atoms with van der Waals surface area (Å²) in [5.74, 6) is -0.437. The average molecular weight is 336 g/mol. The van der Waals surface area contributed by atoms with Gasteiger partial charge in [-0.3, -0.25) is 9.59 Å². The molecule has 1 aromatic heterocycles. The third-order valence-corrected chi connectivity index (χ3v) is 3.21. The lowest BCUT2D eigenvalue weighted by molar-refractivity contribution is -0.145. The second-order valence-electron chi connectivity index (χ2n) is 4.42. The Labute approximate surface area is 125 Å². The van der Waals surface area contributed by atoms with E-state index in [1.165, 1.54) is 4.57 Å². The Hall–Kier alpha value is -1.88. The van der Waals surface area contributed by atoms with Crippen molar-refractivity contribution in [1.82, 2.24) is 4.57 Å². The molecule has 1 heterocycles. The van der Waals surface area contributed by atoms with Crippen molar-refractivity contribution in [2.24, 2.45) is 0 Å². The average Bonchev–Trinajstić information content (AvgIpc) is 2.43. The SMILES string of the molecule is Cc1cc(Br)cn(CC(=O)OCc2ccccc2)c1=O. The number of carbonyl (C=O) groups excluding carboxylic acids is 1. The van der Waals surface area contributed by atoms with Crippen LogP contribution in [0.25, 0.3) is 0 Å². The standard InChI is InChI=1S/C15H14BrNO3/c1-11-7-13(16)8-17(15(11)19)9-14(18)20-10-12-5-3-2-4-6-12/h2-8H,9-10H2,1H3. The number of aryl methyl sites for hydroxylation is 1. The van der Waals surface area contributed by atoms with E-state index in [0.717, 1.165) is 10.0 Å². The van der Waals surface area contributed by atoms with Gasteiger partial charge in [-0.25, -0.2) is 0 Å². The Morgan fingerprint density at radius 1 is 1.30 bits per heavy atom. The molecule has 0 aliphatic rings. The van der Waals surface area contributed by atoms with Crippen LogP contribution in [-0.2, 0) is 22.7 Å². The quantitative estimate of drug-likeness (QED) is 0.807. The van der Waals surface area contributed by atoms with Crippen LogP contribution in [0.1, 0.15) is 11.1 Å². The molecule has 0 atom stereocenters. The number of nitrogens with zero attached hydrogens (tertiary/aromatic N) is 1. The maximum Gasteiger partial charge on any atom is 0.326 e. The fraction of sp³-hybridized carbons (Fsp3) is 0.200. The zero-order valence-electron chi connectivity index (χ0n) is 11.0. The number of hydrogen-bond acceptors (Lipinski definition) is 3. The molecule has 0 spiro atoms. The molecule has 0 saturated carbocycles. The van der Waals surface area contributed by atoms with Gasteiger partial charge < -0.3 is 9.30 Å². The molecule has 0 unspecified atom stereocenters. The summed E-state index contributed by atoms with van der Waals surface area (Å²) in [6.07, 6.45) is 1.58. The van der Waals surface area contributed by atoms with Crippen molar-refractivity contribution in [3.05, 3.63) is 68.5 Å². The zero-order chi connectivity index (χ0) is 14.5. The number of halogens is 1. The van der Waals surface area contributed by atoms with Gasteiger partial charge in [0, 0.05) is 16.2 Å². The number of pyridine rings is 1. The molecule has 4 nitrogen and oxygen atoms in total. The van der Waals surface area contributed by atoms with Gasteiger partial charge in [-0.15, -0.1) is 0 Å². The van der Waals surface area contributed by atoms with Crippen LogP contribution in [0.5, 0.6) is 0 Å². The van der Waals surface area contributed by atoms with Crippen LogP contribution >= 0.6 is 15.9 Å². The minimum absolute atomic E-state index is 0.0913. The Bertz CT molecular complexity index is 665. The van der Waals surface area contributed by atoms with E-state index in [9.17, 15) is 9.59 Å². The first kappa shape index (κ1) is 14.5. The molecule has 0 fully saturated rings. The highest BCUT2D eigenvalue weighted by atomic mass is 79.9. The molecule has 0 aliphatic heterocycles. The van der Waals surface area contributed by atoms with Gasteiger partial charge >= 0.3 is 5.97 Å². The molecule has 1 aromatic carbocycles. The molecule has 0 radical (unpaired) electrons. The molecule has 2 aromatic rings. The fourth-order valence-electron chi connectivity index (χ4n) is 1.78. The van der Waals surface area contributed by atoms with Gasteiger partial charge in [0.1, 0.15) is 13.2 Å². The summed E-state index contributed by atoms with van der Waals surface area (Å²) in [4.78, 5) is 23.6. The Balaban J connectivity index is 2.00. The van der Waals surface area contributed by atoms with E-state index in [-0.39, 0.29) is 18.7 Å². The monoisotopic (exact) mass is 335 g/mol. The molecule has 2 rings (SSSR count). The van der Waals surface area contributed by atoms with Gasteiger partial charge in [-0.2, -0.15) is 0 Å². The van der Waals surface area contributed by atoms with Gasteiger partial charge in [-0.1, -0.05) is 30.3 Å². The first-order chi connectivity index (χ1) is 9.56. The summed E-state index contributed by atoms with van der Waals surface area (Å²) < 4.78 is 7.25. The first-order valence-electron chi connectivity index (χ1n) is 6.12. The van der Waals surface area contributed by atoms with Gasteiger partial charge in [0.2, 0.25) is 0 Å². The van der Waals surface area contributed by atoms with E-state index in [2.05, 4.69) is 15.9 Å². The van der Waals surface area contributed by atoms with Crippen molar-refractivity contribution in [2.45, 2.75) is 20.1 Å². The summed E-state index contributed by atoms with van der Waals surface area (Å²) in [6.45, 7) is 1.83. The zero-order valence-corrected chi connectivity index (χ0v) is 12.6. The lowest BCUT2D eigenvalue weighted by Gasteiger charge is -2.08. The van der Waals surface area contributed by atoms with Gasteiger partial charge in [0.15, 0.2) is 0 Å². The van der Waals surface area contributed by atoms with Crippen molar-refractivity contribution in [3.8, 4) is 0 Å². The second-order valence-corrected chi connectivity index (χ2v) is 5.34. The van der Waals surface area contributed by atoms with Crippen LogP contribution in [0, 0.1) is 6.92 Å². The van der Waals surface area contributed by atoms with Crippen LogP contribution in [-0.4, -0.2) is 10.5 Å². The Morgan fingerprint density at radius 3 is 2.70 bits per heavy atom. The van der Waals surface area contributed by atoms with Crippen LogP contribution in [0.2, 0.25) is 0 Å². The van der Waals surface area contributed by atoms with Crippen molar-refractivity contribution < 1.29 is 9.53 Å².